The maximum atomic E-state index is 5.72. The Kier molecular flexibility index (Phi) is 7.14. The van der Waals surface area contributed by atoms with Crippen molar-refractivity contribution < 1.29 is 4.74 Å². The van der Waals surface area contributed by atoms with Crippen LogP contribution in [0, 0.1) is 11.8 Å². The standard InChI is InChI=1S/C15H31NO/c1-5-10-16-15(13(4)12(2)3)9-8-14-7-6-11-17-14/h12-16H,5-11H2,1-4H3. The van der Waals surface area contributed by atoms with Gasteiger partial charge in [0.15, 0.2) is 0 Å². The number of hydrogen-bond donors (Lipinski definition) is 1. The maximum absolute atomic E-state index is 5.72. The highest BCUT2D eigenvalue weighted by atomic mass is 16.5. The normalized spacial score (nSPS) is 24.2. The highest BCUT2D eigenvalue weighted by Crippen LogP contribution is 2.23. The molecule has 0 aromatic carbocycles. The lowest BCUT2D eigenvalue weighted by Gasteiger charge is -2.29. The van der Waals surface area contributed by atoms with E-state index >= 15 is 0 Å². The van der Waals surface area contributed by atoms with Gasteiger partial charge in [-0.1, -0.05) is 27.7 Å². The predicted octanol–water partition coefficient (Wildman–Crippen LogP) is 3.61. The summed E-state index contributed by atoms with van der Waals surface area (Å²) >= 11 is 0. The van der Waals surface area contributed by atoms with Gasteiger partial charge in [-0.05, 0) is 50.5 Å². The predicted molar refractivity (Wildman–Crippen MR) is 74.3 cm³/mol. The summed E-state index contributed by atoms with van der Waals surface area (Å²) in [7, 11) is 0. The van der Waals surface area contributed by atoms with Crippen LogP contribution in [-0.4, -0.2) is 25.3 Å². The average Bonchev–Trinajstić information content (AvgIpc) is 2.81. The molecule has 0 aromatic rings. The summed E-state index contributed by atoms with van der Waals surface area (Å²) in [6.45, 7) is 11.4. The summed E-state index contributed by atoms with van der Waals surface area (Å²) in [5, 5.41) is 3.72. The highest BCUT2D eigenvalue weighted by Gasteiger charge is 2.22. The molecule has 2 heteroatoms. The van der Waals surface area contributed by atoms with Gasteiger partial charge in [-0.25, -0.2) is 0 Å². The van der Waals surface area contributed by atoms with Crippen molar-refractivity contribution >= 4 is 0 Å². The molecule has 0 bridgehead atoms. The van der Waals surface area contributed by atoms with E-state index in [1.54, 1.807) is 0 Å². The van der Waals surface area contributed by atoms with Gasteiger partial charge in [-0.15, -0.1) is 0 Å². The highest BCUT2D eigenvalue weighted by molar-refractivity contribution is 4.78. The number of hydrogen-bond acceptors (Lipinski definition) is 2. The van der Waals surface area contributed by atoms with Crippen molar-refractivity contribution in [3.05, 3.63) is 0 Å². The lowest BCUT2D eigenvalue weighted by molar-refractivity contribution is 0.0960. The lowest BCUT2D eigenvalue weighted by atomic mass is 9.87. The van der Waals surface area contributed by atoms with Crippen LogP contribution in [0.3, 0.4) is 0 Å². The van der Waals surface area contributed by atoms with Crippen LogP contribution in [0.1, 0.15) is 59.8 Å². The molecule has 1 heterocycles. The Hall–Kier alpha value is -0.0800. The van der Waals surface area contributed by atoms with Crippen molar-refractivity contribution in [3.8, 4) is 0 Å². The minimum Gasteiger partial charge on any atom is -0.378 e. The van der Waals surface area contributed by atoms with Crippen LogP contribution < -0.4 is 5.32 Å². The van der Waals surface area contributed by atoms with Gasteiger partial charge >= 0.3 is 0 Å². The Labute approximate surface area is 108 Å². The monoisotopic (exact) mass is 241 g/mol. The third-order valence-corrected chi connectivity index (χ3v) is 4.17. The topological polar surface area (TPSA) is 21.3 Å². The largest absolute Gasteiger partial charge is 0.378 e. The fraction of sp³-hybridized carbons (Fsp3) is 1.00. The van der Waals surface area contributed by atoms with Gasteiger partial charge in [0.05, 0.1) is 6.10 Å². The molecule has 0 amide bonds. The van der Waals surface area contributed by atoms with Gasteiger partial charge < -0.3 is 10.1 Å². The Balaban J connectivity index is 2.33. The zero-order chi connectivity index (χ0) is 12.7. The molecular weight excluding hydrogens is 210 g/mol. The van der Waals surface area contributed by atoms with Gasteiger partial charge in [-0.2, -0.15) is 0 Å². The van der Waals surface area contributed by atoms with Crippen LogP contribution in [0.25, 0.3) is 0 Å². The number of rotatable bonds is 8. The molecule has 1 rings (SSSR count). The van der Waals surface area contributed by atoms with E-state index < -0.39 is 0 Å². The summed E-state index contributed by atoms with van der Waals surface area (Å²) in [6.07, 6.45) is 6.80. The maximum Gasteiger partial charge on any atom is 0.0576 e. The van der Waals surface area contributed by atoms with Crippen LogP contribution in [0.2, 0.25) is 0 Å². The van der Waals surface area contributed by atoms with E-state index in [1.165, 1.54) is 32.1 Å². The van der Waals surface area contributed by atoms with E-state index in [9.17, 15) is 0 Å². The molecule has 1 aliphatic rings. The SMILES string of the molecule is CCCNC(CCC1CCCO1)C(C)C(C)C. The molecule has 3 atom stereocenters. The molecule has 2 nitrogen and oxygen atoms in total. The van der Waals surface area contributed by atoms with Crippen molar-refractivity contribution in [2.75, 3.05) is 13.2 Å². The van der Waals surface area contributed by atoms with Gasteiger partial charge in [0.25, 0.3) is 0 Å². The minimum absolute atomic E-state index is 0.542. The molecule has 0 radical (unpaired) electrons. The Bertz CT molecular complexity index is 187. The fourth-order valence-corrected chi connectivity index (χ4v) is 2.58. The lowest BCUT2D eigenvalue weighted by Crippen LogP contribution is -2.38. The summed E-state index contributed by atoms with van der Waals surface area (Å²) in [5.74, 6) is 1.51. The first-order chi connectivity index (χ1) is 8.15. The van der Waals surface area contributed by atoms with E-state index in [4.69, 9.17) is 4.74 Å². The molecule has 0 spiro atoms. The molecule has 0 aliphatic carbocycles. The Morgan fingerprint density at radius 2 is 2.06 bits per heavy atom. The second kappa shape index (κ2) is 8.10. The second-order valence-corrected chi connectivity index (χ2v) is 5.88. The zero-order valence-electron chi connectivity index (χ0n) is 12.2. The van der Waals surface area contributed by atoms with Crippen LogP contribution in [0.15, 0.2) is 0 Å². The van der Waals surface area contributed by atoms with Gasteiger partial charge in [-0.3, -0.25) is 0 Å². The molecule has 0 aromatic heterocycles. The van der Waals surface area contributed by atoms with Gasteiger partial charge in [0.2, 0.25) is 0 Å². The van der Waals surface area contributed by atoms with Crippen LogP contribution >= 0.6 is 0 Å². The van der Waals surface area contributed by atoms with Crippen LogP contribution in [0.5, 0.6) is 0 Å². The molecule has 102 valence electrons. The Morgan fingerprint density at radius 3 is 2.59 bits per heavy atom. The minimum atomic E-state index is 0.542. The van der Waals surface area contributed by atoms with Crippen LogP contribution in [-0.2, 0) is 4.74 Å². The third kappa shape index (κ3) is 5.39. The molecule has 0 saturated carbocycles. The van der Waals surface area contributed by atoms with Crippen molar-refractivity contribution in [1.82, 2.24) is 5.32 Å². The van der Waals surface area contributed by atoms with E-state index in [0.29, 0.717) is 12.1 Å². The van der Waals surface area contributed by atoms with Crippen molar-refractivity contribution in [2.45, 2.75) is 71.9 Å². The van der Waals surface area contributed by atoms with E-state index in [1.807, 2.05) is 0 Å². The molecule has 1 N–H and O–H groups in total. The van der Waals surface area contributed by atoms with Crippen LogP contribution in [0.4, 0.5) is 0 Å². The number of ether oxygens (including phenoxy) is 1. The molecular formula is C15H31NO. The first kappa shape index (κ1) is 15.0. The smallest absolute Gasteiger partial charge is 0.0576 e. The van der Waals surface area contributed by atoms with E-state index in [-0.39, 0.29) is 0 Å². The summed E-state index contributed by atoms with van der Waals surface area (Å²) < 4.78 is 5.72. The zero-order valence-corrected chi connectivity index (χ0v) is 12.2. The molecule has 1 fully saturated rings. The summed E-state index contributed by atoms with van der Waals surface area (Å²) in [4.78, 5) is 0. The summed E-state index contributed by atoms with van der Waals surface area (Å²) in [6, 6.07) is 0.666. The second-order valence-electron chi connectivity index (χ2n) is 5.88. The van der Waals surface area contributed by atoms with Crippen molar-refractivity contribution in [3.63, 3.8) is 0 Å². The van der Waals surface area contributed by atoms with Crippen molar-refractivity contribution in [2.24, 2.45) is 11.8 Å². The molecule has 17 heavy (non-hydrogen) atoms. The number of nitrogens with one attached hydrogen (secondary N) is 1. The molecule has 3 unspecified atom stereocenters. The fourth-order valence-electron chi connectivity index (χ4n) is 2.58. The molecule has 1 saturated heterocycles. The Morgan fingerprint density at radius 1 is 1.29 bits per heavy atom. The first-order valence-corrected chi connectivity index (χ1v) is 7.50. The summed E-state index contributed by atoms with van der Waals surface area (Å²) in [5.41, 5.74) is 0. The van der Waals surface area contributed by atoms with Gasteiger partial charge in [0.1, 0.15) is 0 Å². The average molecular weight is 241 g/mol. The van der Waals surface area contributed by atoms with E-state index in [0.717, 1.165) is 25.0 Å². The third-order valence-electron chi connectivity index (χ3n) is 4.17. The first-order valence-electron chi connectivity index (χ1n) is 7.50. The van der Waals surface area contributed by atoms with Gasteiger partial charge in [0, 0.05) is 12.6 Å². The van der Waals surface area contributed by atoms with Crippen molar-refractivity contribution in [1.29, 1.82) is 0 Å². The quantitative estimate of drug-likeness (QED) is 0.701. The van der Waals surface area contributed by atoms with E-state index in [2.05, 4.69) is 33.0 Å². The molecule has 1 aliphatic heterocycles.